The van der Waals surface area contributed by atoms with Crippen molar-refractivity contribution in [3.63, 3.8) is 0 Å². The average Bonchev–Trinajstić information content (AvgIpc) is 2.43. The van der Waals surface area contributed by atoms with Gasteiger partial charge in [0.1, 0.15) is 5.75 Å². The van der Waals surface area contributed by atoms with Crippen LogP contribution in [0.4, 0.5) is 5.69 Å². The molecule has 0 saturated carbocycles. The number of rotatable bonds is 5. The van der Waals surface area contributed by atoms with Gasteiger partial charge >= 0.3 is 0 Å². The highest BCUT2D eigenvalue weighted by molar-refractivity contribution is 6.35. The smallest absolute Gasteiger partial charge is 0.119 e. The number of halogens is 2. The summed E-state index contributed by atoms with van der Waals surface area (Å²) in [5.74, 6) is 0.877. The van der Waals surface area contributed by atoms with Crippen molar-refractivity contribution >= 4 is 28.9 Å². The van der Waals surface area contributed by atoms with E-state index < -0.39 is 0 Å². The molecular formula is C17H19Cl2NO. The second-order valence-electron chi connectivity index (χ2n) is 5.23. The van der Waals surface area contributed by atoms with Gasteiger partial charge in [0, 0.05) is 11.1 Å². The standard InChI is InChI=1S/C17H19Cl2NO/c1-11(2)21-15-7-4-13(5-8-15)12(3)20-17-10-14(18)6-9-16(17)19/h4-12,20H,1-3H3. The third kappa shape index (κ3) is 4.55. The zero-order valence-electron chi connectivity index (χ0n) is 12.4. The molecular weight excluding hydrogens is 305 g/mol. The Morgan fingerprint density at radius 2 is 1.62 bits per heavy atom. The first-order valence-electron chi connectivity index (χ1n) is 6.94. The van der Waals surface area contributed by atoms with Gasteiger partial charge in [-0.1, -0.05) is 35.3 Å². The van der Waals surface area contributed by atoms with Gasteiger partial charge in [0.25, 0.3) is 0 Å². The number of benzene rings is 2. The lowest BCUT2D eigenvalue weighted by Gasteiger charge is -2.18. The highest BCUT2D eigenvalue weighted by Gasteiger charge is 2.09. The molecule has 0 aliphatic rings. The molecule has 21 heavy (non-hydrogen) atoms. The van der Waals surface area contributed by atoms with Gasteiger partial charge < -0.3 is 10.1 Å². The van der Waals surface area contributed by atoms with Crippen LogP contribution < -0.4 is 10.1 Å². The number of nitrogens with one attached hydrogen (secondary N) is 1. The number of ether oxygens (including phenoxy) is 1. The lowest BCUT2D eigenvalue weighted by atomic mass is 10.1. The van der Waals surface area contributed by atoms with Gasteiger partial charge in [0.2, 0.25) is 0 Å². The molecule has 0 aliphatic heterocycles. The molecule has 0 amide bonds. The van der Waals surface area contributed by atoms with E-state index in [1.165, 1.54) is 0 Å². The Kier molecular flexibility index (Phi) is 5.38. The number of hydrogen-bond acceptors (Lipinski definition) is 2. The summed E-state index contributed by atoms with van der Waals surface area (Å²) >= 11 is 12.2. The summed E-state index contributed by atoms with van der Waals surface area (Å²) in [5.41, 5.74) is 1.99. The van der Waals surface area contributed by atoms with Gasteiger partial charge in [-0.15, -0.1) is 0 Å². The summed E-state index contributed by atoms with van der Waals surface area (Å²) in [6.07, 6.45) is 0.177. The van der Waals surface area contributed by atoms with E-state index in [0.29, 0.717) is 10.0 Å². The molecule has 0 spiro atoms. The van der Waals surface area contributed by atoms with E-state index in [1.807, 2.05) is 44.2 Å². The summed E-state index contributed by atoms with van der Waals surface area (Å²) in [6, 6.07) is 13.6. The lowest BCUT2D eigenvalue weighted by molar-refractivity contribution is 0.242. The molecule has 1 N–H and O–H groups in total. The Hall–Kier alpha value is -1.38. The molecule has 0 aromatic heterocycles. The highest BCUT2D eigenvalue weighted by Crippen LogP contribution is 2.29. The van der Waals surface area contributed by atoms with E-state index in [2.05, 4.69) is 12.2 Å². The fourth-order valence-electron chi connectivity index (χ4n) is 2.03. The first-order valence-corrected chi connectivity index (χ1v) is 7.69. The zero-order chi connectivity index (χ0) is 15.4. The molecule has 0 radical (unpaired) electrons. The summed E-state index contributed by atoms with van der Waals surface area (Å²) in [5, 5.41) is 4.69. The van der Waals surface area contributed by atoms with Crippen molar-refractivity contribution in [2.75, 3.05) is 5.32 Å². The van der Waals surface area contributed by atoms with Crippen molar-refractivity contribution < 1.29 is 4.74 Å². The second-order valence-corrected chi connectivity index (χ2v) is 6.07. The monoisotopic (exact) mass is 323 g/mol. The quantitative estimate of drug-likeness (QED) is 0.733. The van der Waals surface area contributed by atoms with Crippen LogP contribution >= 0.6 is 23.2 Å². The molecule has 0 fully saturated rings. The van der Waals surface area contributed by atoms with Crippen molar-refractivity contribution in [1.29, 1.82) is 0 Å². The van der Waals surface area contributed by atoms with Gasteiger partial charge in [0.15, 0.2) is 0 Å². The molecule has 2 rings (SSSR count). The van der Waals surface area contributed by atoms with Crippen molar-refractivity contribution in [3.8, 4) is 5.75 Å². The number of anilines is 1. The van der Waals surface area contributed by atoms with Crippen LogP contribution in [0, 0.1) is 0 Å². The molecule has 0 saturated heterocycles. The fraction of sp³-hybridized carbons (Fsp3) is 0.294. The predicted molar refractivity (Wildman–Crippen MR) is 90.7 cm³/mol. The average molecular weight is 324 g/mol. The first-order chi connectivity index (χ1) is 9.95. The normalized spacial score (nSPS) is 12.3. The third-order valence-electron chi connectivity index (χ3n) is 3.05. The summed E-state index contributed by atoms with van der Waals surface area (Å²) in [6.45, 7) is 6.11. The molecule has 0 heterocycles. The molecule has 0 bridgehead atoms. The van der Waals surface area contributed by atoms with Crippen LogP contribution in [0.15, 0.2) is 42.5 Å². The Balaban J connectivity index is 2.09. The summed E-state index contributed by atoms with van der Waals surface area (Å²) < 4.78 is 5.64. The van der Waals surface area contributed by atoms with Crippen molar-refractivity contribution in [2.45, 2.75) is 32.9 Å². The molecule has 4 heteroatoms. The third-order valence-corrected chi connectivity index (χ3v) is 3.62. The van der Waals surface area contributed by atoms with Gasteiger partial charge in [-0.2, -0.15) is 0 Å². The minimum atomic E-state index is 0.120. The molecule has 1 atom stereocenters. The second kappa shape index (κ2) is 7.06. The predicted octanol–water partition coefficient (Wildman–Crippen LogP) is 5.95. The molecule has 2 aromatic rings. The molecule has 112 valence electrons. The Morgan fingerprint density at radius 3 is 2.24 bits per heavy atom. The van der Waals surface area contributed by atoms with Crippen LogP contribution in [-0.2, 0) is 0 Å². The fourth-order valence-corrected chi connectivity index (χ4v) is 2.38. The van der Waals surface area contributed by atoms with Crippen LogP contribution in [0.25, 0.3) is 0 Å². The van der Waals surface area contributed by atoms with E-state index >= 15 is 0 Å². The van der Waals surface area contributed by atoms with Crippen molar-refractivity contribution in [2.24, 2.45) is 0 Å². The minimum Gasteiger partial charge on any atom is -0.491 e. The maximum absolute atomic E-state index is 6.17. The highest BCUT2D eigenvalue weighted by atomic mass is 35.5. The summed E-state index contributed by atoms with van der Waals surface area (Å²) in [4.78, 5) is 0. The maximum Gasteiger partial charge on any atom is 0.119 e. The van der Waals surface area contributed by atoms with Crippen LogP contribution in [0.3, 0.4) is 0 Å². The largest absolute Gasteiger partial charge is 0.491 e. The lowest BCUT2D eigenvalue weighted by Crippen LogP contribution is -2.08. The first kappa shape index (κ1) is 16.0. The van der Waals surface area contributed by atoms with Crippen LogP contribution in [-0.4, -0.2) is 6.10 Å². The van der Waals surface area contributed by atoms with E-state index in [-0.39, 0.29) is 12.1 Å². The Labute approximate surface area is 136 Å². The molecule has 2 nitrogen and oxygen atoms in total. The SMILES string of the molecule is CC(C)Oc1ccc(C(C)Nc2cc(Cl)ccc2Cl)cc1. The van der Waals surface area contributed by atoms with Crippen molar-refractivity contribution in [3.05, 3.63) is 58.1 Å². The minimum absolute atomic E-state index is 0.120. The van der Waals surface area contributed by atoms with Gasteiger partial charge in [-0.3, -0.25) is 0 Å². The van der Waals surface area contributed by atoms with E-state index in [9.17, 15) is 0 Å². The zero-order valence-corrected chi connectivity index (χ0v) is 13.9. The van der Waals surface area contributed by atoms with E-state index in [1.54, 1.807) is 12.1 Å². The van der Waals surface area contributed by atoms with Gasteiger partial charge in [-0.25, -0.2) is 0 Å². The van der Waals surface area contributed by atoms with Crippen LogP contribution in [0.5, 0.6) is 5.75 Å². The maximum atomic E-state index is 6.17. The number of hydrogen-bond donors (Lipinski definition) is 1. The van der Waals surface area contributed by atoms with Gasteiger partial charge in [0.05, 0.1) is 16.8 Å². The Morgan fingerprint density at radius 1 is 0.952 bits per heavy atom. The van der Waals surface area contributed by atoms with E-state index in [0.717, 1.165) is 17.0 Å². The van der Waals surface area contributed by atoms with Gasteiger partial charge in [-0.05, 0) is 56.7 Å². The van der Waals surface area contributed by atoms with Crippen molar-refractivity contribution in [1.82, 2.24) is 0 Å². The van der Waals surface area contributed by atoms with E-state index in [4.69, 9.17) is 27.9 Å². The topological polar surface area (TPSA) is 21.3 Å². The van der Waals surface area contributed by atoms with Crippen LogP contribution in [0.2, 0.25) is 10.0 Å². The van der Waals surface area contributed by atoms with Crippen LogP contribution in [0.1, 0.15) is 32.4 Å². The molecule has 1 unspecified atom stereocenters. The molecule has 0 aliphatic carbocycles. The summed E-state index contributed by atoms with van der Waals surface area (Å²) in [7, 11) is 0. The molecule has 2 aromatic carbocycles. The Bertz CT molecular complexity index is 596.